The van der Waals surface area contributed by atoms with E-state index in [-0.39, 0.29) is 6.10 Å². The SMILES string of the molecule is CCNC1CCOC(c2cccc(OCC)c2)C1. The summed E-state index contributed by atoms with van der Waals surface area (Å²) in [6.07, 6.45) is 2.35. The van der Waals surface area contributed by atoms with Gasteiger partial charge in [-0.15, -0.1) is 0 Å². The summed E-state index contributed by atoms with van der Waals surface area (Å²) in [7, 11) is 0. The van der Waals surface area contributed by atoms with Gasteiger partial charge in [0.25, 0.3) is 0 Å². The van der Waals surface area contributed by atoms with Crippen molar-refractivity contribution in [3.05, 3.63) is 29.8 Å². The number of rotatable bonds is 5. The van der Waals surface area contributed by atoms with Gasteiger partial charge in [0.05, 0.1) is 12.7 Å². The second-order valence-electron chi connectivity index (χ2n) is 4.64. The largest absolute Gasteiger partial charge is 0.494 e. The van der Waals surface area contributed by atoms with E-state index in [2.05, 4.69) is 24.4 Å². The molecule has 0 saturated carbocycles. The predicted octanol–water partition coefficient (Wildman–Crippen LogP) is 2.91. The van der Waals surface area contributed by atoms with E-state index in [1.54, 1.807) is 0 Å². The van der Waals surface area contributed by atoms with Gasteiger partial charge in [0, 0.05) is 12.6 Å². The number of hydrogen-bond acceptors (Lipinski definition) is 3. The molecule has 1 aliphatic heterocycles. The minimum absolute atomic E-state index is 0.197. The van der Waals surface area contributed by atoms with Crippen LogP contribution in [0.25, 0.3) is 0 Å². The maximum Gasteiger partial charge on any atom is 0.119 e. The second-order valence-corrected chi connectivity index (χ2v) is 4.64. The molecule has 1 N–H and O–H groups in total. The zero-order chi connectivity index (χ0) is 12.8. The monoisotopic (exact) mass is 249 g/mol. The zero-order valence-corrected chi connectivity index (χ0v) is 11.3. The molecule has 0 bridgehead atoms. The lowest BCUT2D eigenvalue weighted by atomic mass is 9.97. The Bertz CT molecular complexity index is 365. The van der Waals surface area contributed by atoms with Crippen LogP contribution >= 0.6 is 0 Å². The zero-order valence-electron chi connectivity index (χ0n) is 11.3. The third-order valence-electron chi connectivity index (χ3n) is 3.32. The molecular weight excluding hydrogens is 226 g/mol. The van der Waals surface area contributed by atoms with Gasteiger partial charge in [-0.1, -0.05) is 19.1 Å². The van der Waals surface area contributed by atoms with E-state index < -0.39 is 0 Å². The maximum atomic E-state index is 5.88. The summed E-state index contributed by atoms with van der Waals surface area (Å²) in [4.78, 5) is 0. The first kappa shape index (κ1) is 13.4. The van der Waals surface area contributed by atoms with Crippen LogP contribution in [0.5, 0.6) is 5.75 Å². The molecule has 1 fully saturated rings. The first-order chi connectivity index (χ1) is 8.83. The number of hydrogen-bond donors (Lipinski definition) is 1. The van der Waals surface area contributed by atoms with Crippen LogP contribution in [0.2, 0.25) is 0 Å². The van der Waals surface area contributed by atoms with Gasteiger partial charge in [-0.25, -0.2) is 0 Å². The van der Waals surface area contributed by atoms with Crippen LogP contribution in [0.3, 0.4) is 0 Å². The standard InChI is InChI=1S/C15H23NO2/c1-3-16-13-8-9-18-15(11-13)12-6-5-7-14(10-12)17-4-2/h5-7,10,13,15-16H,3-4,8-9,11H2,1-2H3. The lowest BCUT2D eigenvalue weighted by molar-refractivity contribution is 0.000475. The fourth-order valence-corrected chi connectivity index (χ4v) is 2.47. The van der Waals surface area contributed by atoms with Crippen LogP contribution in [0.4, 0.5) is 0 Å². The van der Waals surface area contributed by atoms with Crippen molar-refractivity contribution in [2.24, 2.45) is 0 Å². The summed E-state index contributed by atoms with van der Waals surface area (Å²) in [6.45, 7) is 6.72. The summed E-state index contributed by atoms with van der Waals surface area (Å²) >= 11 is 0. The van der Waals surface area contributed by atoms with Gasteiger partial charge in [-0.05, 0) is 44.0 Å². The van der Waals surface area contributed by atoms with Gasteiger partial charge >= 0.3 is 0 Å². The normalized spacial score (nSPS) is 23.9. The highest BCUT2D eigenvalue weighted by atomic mass is 16.5. The molecule has 0 aromatic heterocycles. The molecule has 2 unspecified atom stereocenters. The van der Waals surface area contributed by atoms with Gasteiger partial charge in [0.2, 0.25) is 0 Å². The molecule has 3 heteroatoms. The molecule has 1 aromatic carbocycles. The van der Waals surface area contributed by atoms with Crippen molar-refractivity contribution in [2.75, 3.05) is 19.8 Å². The smallest absolute Gasteiger partial charge is 0.119 e. The third-order valence-corrected chi connectivity index (χ3v) is 3.32. The van der Waals surface area contributed by atoms with E-state index in [0.29, 0.717) is 12.6 Å². The molecule has 0 amide bonds. The maximum absolute atomic E-state index is 5.88. The molecular formula is C15H23NO2. The van der Waals surface area contributed by atoms with E-state index in [9.17, 15) is 0 Å². The molecule has 3 nitrogen and oxygen atoms in total. The first-order valence-electron chi connectivity index (χ1n) is 6.91. The van der Waals surface area contributed by atoms with Gasteiger partial charge < -0.3 is 14.8 Å². The molecule has 1 saturated heterocycles. The number of benzene rings is 1. The molecule has 0 spiro atoms. The van der Waals surface area contributed by atoms with Crippen molar-refractivity contribution in [1.82, 2.24) is 5.32 Å². The fourth-order valence-electron chi connectivity index (χ4n) is 2.47. The van der Waals surface area contributed by atoms with Gasteiger partial charge in [-0.3, -0.25) is 0 Å². The quantitative estimate of drug-likeness (QED) is 0.870. The lowest BCUT2D eigenvalue weighted by Gasteiger charge is -2.30. The second kappa shape index (κ2) is 6.76. The molecule has 1 heterocycles. The Balaban J connectivity index is 2.03. The van der Waals surface area contributed by atoms with Gasteiger partial charge in [0.15, 0.2) is 0 Å². The Kier molecular flexibility index (Phi) is 5.02. The van der Waals surface area contributed by atoms with E-state index in [4.69, 9.17) is 9.47 Å². The van der Waals surface area contributed by atoms with E-state index in [1.807, 2.05) is 19.1 Å². The summed E-state index contributed by atoms with van der Waals surface area (Å²) < 4.78 is 11.4. The minimum atomic E-state index is 0.197. The van der Waals surface area contributed by atoms with E-state index in [0.717, 1.165) is 31.7 Å². The molecule has 18 heavy (non-hydrogen) atoms. The van der Waals surface area contributed by atoms with Crippen LogP contribution in [-0.4, -0.2) is 25.8 Å². The highest BCUT2D eigenvalue weighted by Gasteiger charge is 2.23. The van der Waals surface area contributed by atoms with Crippen molar-refractivity contribution in [3.63, 3.8) is 0 Å². The predicted molar refractivity (Wildman–Crippen MR) is 73.0 cm³/mol. The minimum Gasteiger partial charge on any atom is -0.494 e. The Labute approximate surface area is 109 Å². The summed E-state index contributed by atoms with van der Waals surface area (Å²) in [6, 6.07) is 8.84. The lowest BCUT2D eigenvalue weighted by Crippen LogP contribution is -2.35. The Hall–Kier alpha value is -1.06. The molecule has 2 rings (SSSR count). The van der Waals surface area contributed by atoms with Crippen LogP contribution in [-0.2, 0) is 4.74 Å². The summed E-state index contributed by atoms with van der Waals surface area (Å²) in [5, 5.41) is 3.51. The molecule has 1 aromatic rings. The Morgan fingerprint density at radius 1 is 1.39 bits per heavy atom. The first-order valence-corrected chi connectivity index (χ1v) is 6.91. The van der Waals surface area contributed by atoms with Crippen LogP contribution in [0.15, 0.2) is 24.3 Å². The van der Waals surface area contributed by atoms with Crippen LogP contribution < -0.4 is 10.1 Å². The van der Waals surface area contributed by atoms with Gasteiger partial charge in [-0.2, -0.15) is 0 Å². The molecule has 100 valence electrons. The molecule has 2 atom stereocenters. The third kappa shape index (κ3) is 3.47. The summed E-state index contributed by atoms with van der Waals surface area (Å²) in [5.41, 5.74) is 1.23. The van der Waals surface area contributed by atoms with E-state index >= 15 is 0 Å². The molecule has 0 radical (unpaired) electrons. The van der Waals surface area contributed by atoms with Crippen LogP contribution in [0.1, 0.15) is 38.4 Å². The van der Waals surface area contributed by atoms with E-state index in [1.165, 1.54) is 5.56 Å². The highest BCUT2D eigenvalue weighted by Crippen LogP contribution is 2.30. The molecule has 1 aliphatic rings. The Morgan fingerprint density at radius 3 is 3.06 bits per heavy atom. The Morgan fingerprint density at radius 2 is 2.28 bits per heavy atom. The van der Waals surface area contributed by atoms with Crippen molar-refractivity contribution >= 4 is 0 Å². The number of nitrogens with one attached hydrogen (secondary N) is 1. The average molecular weight is 249 g/mol. The van der Waals surface area contributed by atoms with Crippen molar-refractivity contribution in [3.8, 4) is 5.75 Å². The topological polar surface area (TPSA) is 30.5 Å². The van der Waals surface area contributed by atoms with Crippen molar-refractivity contribution in [1.29, 1.82) is 0 Å². The number of ether oxygens (including phenoxy) is 2. The molecule has 0 aliphatic carbocycles. The van der Waals surface area contributed by atoms with Crippen molar-refractivity contribution < 1.29 is 9.47 Å². The highest BCUT2D eigenvalue weighted by molar-refractivity contribution is 5.30. The van der Waals surface area contributed by atoms with Crippen molar-refractivity contribution in [2.45, 2.75) is 38.8 Å². The van der Waals surface area contributed by atoms with Crippen LogP contribution in [0, 0.1) is 0 Å². The van der Waals surface area contributed by atoms with Gasteiger partial charge in [0.1, 0.15) is 5.75 Å². The average Bonchev–Trinajstić information content (AvgIpc) is 2.40. The summed E-state index contributed by atoms with van der Waals surface area (Å²) in [5.74, 6) is 0.934. The fraction of sp³-hybridized carbons (Fsp3) is 0.600.